The summed E-state index contributed by atoms with van der Waals surface area (Å²) in [6, 6.07) is 8.38. The molecule has 0 bridgehead atoms. The number of thioether (sulfide) groups is 2. The molecule has 0 aliphatic carbocycles. The molecule has 118 valence electrons. The van der Waals surface area contributed by atoms with Crippen molar-refractivity contribution in [3.63, 3.8) is 0 Å². The lowest BCUT2D eigenvalue weighted by molar-refractivity contribution is -0.118. The van der Waals surface area contributed by atoms with Crippen molar-refractivity contribution in [3.05, 3.63) is 29.8 Å². The van der Waals surface area contributed by atoms with Gasteiger partial charge in [0.05, 0.1) is 5.75 Å². The van der Waals surface area contributed by atoms with Gasteiger partial charge in [0.2, 0.25) is 11.1 Å². The molecule has 0 saturated heterocycles. The molecule has 1 amide bonds. The summed E-state index contributed by atoms with van der Waals surface area (Å²) in [6.07, 6.45) is 0. The molecule has 0 aliphatic heterocycles. The fraction of sp³-hybridized carbons (Fsp3) is 0.429. The van der Waals surface area contributed by atoms with Crippen LogP contribution in [0.2, 0.25) is 0 Å². The Hall–Kier alpha value is -1.54. The monoisotopic (exact) mass is 337 g/mol. The summed E-state index contributed by atoms with van der Waals surface area (Å²) in [5.74, 6) is 1.18. The van der Waals surface area contributed by atoms with Gasteiger partial charge in [-0.25, -0.2) is 4.68 Å². The zero-order valence-corrected chi connectivity index (χ0v) is 14.3. The fourth-order valence-electron chi connectivity index (χ4n) is 1.67. The van der Waals surface area contributed by atoms with Gasteiger partial charge in [-0.1, -0.05) is 29.5 Å². The van der Waals surface area contributed by atoms with E-state index in [-0.39, 0.29) is 5.91 Å². The topological polar surface area (TPSA) is 72.7 Å². The minimum absolute atomic E-state index is 0.000147. The highest BCUT2D eigenvalue weighted by molar-refractivity contribution is 7.99. The SMILES string of the molecule is CCn1nnnc1SCC(=O)NCCSc1ccc(C)cc1. The van der Waals surface area contributed by atoms with Crippen molar-refractivity contribution < 1.29 is 4.79 Å². The molecule has 1 aromatic carbocycles. The van der Waals surface area contributed by atoms with Gasteiger partial charge in [0.15, 0.2) is 0 Å². The van der Waals surface area contributed by atoms with Gasteiger partial charge in [0.25, 0.3) is 0 Å². The number of aromatic nitrogens is 4. The van der Waals surface area contributed by atoms with Gasteiger partial charge in [0, 0.05) is 23.7 Å². The van der Waals surface area contributed by atoms with Crippen LogP contribution in [-0.4, -0.2) is 44.2 Å². The van der Waals surface area contributed by atoms with Gasteiger partial charge in [0.1, 0.15) is 0 Å². The zero-order chi connectivity index (χ0) is 15.8. The maximum absolute atomic E-state index is 11.8. The van der Waals surface area contributed by atoms with Crippen LogP contribution in [0.4, 0.5) is 0 Å². The Balaban J connectivity index is 1.62. The number of hydrogen-bond acceptors (Lipinski definition) is 6. The van der Waals surface area contributed by atoms with E-state index in [2.05, 4.69) is 52.0 Å². The molecule has 0 aliphatic rings. The van der Waals surface area contributed by atoms with Gasteiger partial charge >= 0.3 is 0 Å². The van der Waals surface area contributed by atoms with Crippen LogP contribution in [0.1, 0.15) is 12.5 Å². The van der Waals surface area contributed by atoms with E-state index in [1.807, 2.05) is 6.92 Å². The lowest BCUT2D eigenvalue weighted by Crippen LogP contribution is -2.27. The van der Waals surface area contributed by atoms with Crippen LogP contribution < -0.4 is 5.32 Å². The second-order valence-corrected chi connectivity index (χ2v) is 6.69. The van der Waals surface area contributed by atoms with E-state index in [1.54, 1.807) is 16.4 Å². The van der Waals surface area contributed by atoms with Gasteiger partial charge in [-0.2, -0.15) is 0 Å². The minimum Gasteiger partial charge on any atom is -0.355 e. The molecule has 2 aromatic rings. The number of nitrogens with zero attached hydrogens (tertiary/aromatic N) is 4. The Bertz CT molecular complexity index is 600. The van der Waals surface area contributed by atoms with E-state index in [0.717, 1.165) is 5.75 Å². The number of amides is 1. The first-order valence-electron chi connectivity index (χ1n) is 7.04. The second kappa shape index (κ2) is 8.79. The van der Waals surface area contributed by atoms with Gasteiger partial charge < -0.3 is 5.32 Å². The van der Waals surface area contributed by atoms with Crippen LogP contribution in [0.25, 0.3) is 0 Å². The minimum atomic E-state index is 0.000147. The molecular formula is C14H19N5OS2. The first-order chi connectivity index (χ1) is 10.7. The number of benzene rings is 1. The highest BCUT2D eigenvalue weighted by Gasteiger charge is 2.08. The van der Waals surface area contributed by atoms with E-state index in [9.17, 15) is 4.79 Å². The summed E-state index contributed by atoms with van der Waals surface area (Å²) in [5, 5.41) is 14.9. The number of tetrazole rings is 1. The number of hydrogen-bond donors (Lipinski definition) is 1. The molecule has 8 heteroatoms. The predicted octanol–water partition coefficient (Wildman–Crippen LogP) is 2.00. The number of nitrogens with one attached hydrogen (secondary N) is 1. The van der Waals surface area contributed by atoms with Crippen LogP contribution in [-0.2, 0) is 11.3 Å². The van der Waals surface area contributed by atoms with E-state index in [0.29, 0.717) is 24.0 Å². The molecule has 0 atom stereocenters. The van der Waals surface area contributed by atoms with Crippen molar-refractivity contribution in [3.8, 4) is 0 Å². The van der Waals surface area contributed by atoms with Crippen LogP contribution in [0.15, 0.2) is 34.3 Å². The van der Waals surface area contributed by atoms with Crippen molar-refractivity contribution in [2.24, 2.45) is 0 Å². The number of carbonyl (C=O) groups is 1. The highest BCUT2D eigenvalue weighted by atomic mass is 32.2. The molecule has 2 rings (SSSR count). The third-order valence-corrected chi connectivity index (χ3v) is 4.82. The second-order valence-electron chi connectivity index (χ2n) is 4.58. The zero-order valence-electron chi connectivity index (χ0n) is 12.7. The van der Waals surface area contributed by atoms with Crippen molar-refractivity contribution >= 4 is 29.4 Å². The van der Waals surface area contributed by atoms with E-state index < -0.39 is 0 Å². The maximum Gasteiger partial charge on any atom is 0.230 e. The van der Waals surface area contributed by atoms with Crippen LogP contribution >= 0.6 is 23.5 Å². The summed E-state index contributed by atoms with van der Waals surface area (Å²) in [5.41, 5.74) is 1.25. The third-order valence-electron chi connectivity index (χ3n) is 2.84. The number of rotatable bonds is 8. The Morgan fingerprint density at radius 2 is 2.05 bits per heavy atom. The smallest absolute Gasteiger partial charge is 0.230 e. The summed E-state index contributed by atoms with van der Waals surface area (Å²) in [6.45, 7) is 5.38. The Morgan fingerprint density at radius 3 is 2.77 bits per heavy atom. The first-order valence-corrected chi connectivity index (χ1v) is 9.01. The summed E-state index contributed by atoms with van der Waals surface area (Å²) >= 11 is 3.09. The Kier molecular flexibility index (Phi) is 6.73. The summed E-state index contributed by atoms with van der Waals surface area (Å²) < 4.78 is 1.67. The molecule has 1 heterocycles. The quantitative estimate of drug-likeness (QED) is 0.587. The molecule has 0 spiro atoms. The normalized spacial score (nSPS) is 10.6. The highest BCUT2D eigenvalue weighted by Crippen LogP contribution is 2.17. The van der Waals surface area contributed by atoms with Gasteiger partial charge in [-0.05, 0) is 36.4 Å². The first kappa shape index (κ1) is 16.8. The molecule has 22 heavy (non-hydrogen) atoms. The summed E-state index contributed by atoms with van der Waals surface area (Å²) in [7, 11) is 0. The molecule has 0 fully saturated rings. The van der Waals surface area contributed by atoms with Crippen LogP contribution in [0, 0.1) is 6.92 Å². The van der Waals surface area contributed by atoms with E-state index >= 15 is 0 Å². The van der Waals surface area contributed by atoms with Gasteiger partial charge in [-0.15, -0.1) is 16.9 Å². The molecule has 0 radical (unpaired) electrons. The van der Waals surface area contributed by atoms with E-state index in [1.165, 1.54) is 22.2 Å². The lowest BCUT2D eigenvalue weighted by atomic mass is 10.2. The standard InChI is InChI=1S/C14H19N5OS2/c1-3-19-14(16-17-18-19)22-10-13(20)15-8-9-21-12-6-4-11(2)5-7-12/h4-7H,3,8-10H2,1-2H3,(H,15,20). The van der Waals surface area contributed by atoms with Crippen molar-refractivity contribution in [2.75, 3.05) is 18.1 Å². The molecule has 6 nitrogen and oxygen atoms in total. The predicted molar refractivity (Wildman–Crippen MR) is 89.1 cm³/mol. The van der Waals surface area contributed by atoms with Crippen molar-refractivity contribution in [2.45, 2.75) is 30.4 Å². The van der Waals surface area contributed by atoms with Crippen LogP contribution in [0.5, 0.6) is 0 Å². The Morgan fingerprint density at radius 1 is 1.27 bits per heavy atom. The van der Waals surface area contributed by atoms with E-state index in [4.69, 9.17) is 0 Å². The molecule has 1 N–H and O–H groups in total. The fourth-order valence-corrected chi connectivity index (χ4v) is 3.21. The average Bonchev–Trinajstić information content (AvgIpc) is 2.99. The van der Waals surface area contributed by atoms with Gasteiger partial charge in [-0.3, -0.25) is 4.79 Å². The molecule has 0 saturated carbocycles. The molecule has 0 unspecified atom stereocenters. The molecule has 1 aromatic heterocycles. The average molecular weight is 337 g/mol. The molecular weight excluding hydrogens is 318 g/mol. The Labute approximate surface area is 138 Å². The van der Waals surface area contributed by atoms with Crippen LogP contribution in [0.3, 0.4) is 0 Å². The van der Waals surface area contributed by atoms with Crippen molar-refractivity contribution in [1.29, 1.82) is 0 Å². The largest absolute Gasteiger partial charge is 0.355 e. The number of carbonyl (C=O) groups excluding carboxylic acids is 1. The van der Waals surface area contributed by atoms with Crippen molar-refractivity contribution in [1.82, 2.24) is 25.5 Å². The lowest BCUT2D eigenvalue weighted by Gasteiger charge is -2.05. The maximum atomic E-state index is 11.8. The third kappa shape index (κ3) is 5.34. The summed E-state index contributed by atoms with van der Waals surface area (Å²) in [4.78, 5) is 13.0. The number of aryl methyl sites for hydroxylation is 2.